The first kappa shape index (κ1) is 13.2. The number of furan rings is 1. The third-order valence-electron chi connectivity index (χ3n) is 2.96. The normalized spacial score (nSPS) is 12.5. The predicted octanol–water partition coefficient (Wildman–Crippen LogP) is 3.72. The monoisotopic (exact) mass is 309 g/mol. The molecule has 0 bridgehead atoms. The fourth-order valence-corrected chi connectivity index (χ4v) is 2.62. The second-order valence-electron chi connectivity index (χ2n) is 4.23. The molecule has 1 aromatic heterocycles. The molecule has 0 aliphatic heterocycles. The fraction of sp³-hybridized carbons (Fsp3) is 0.286. The first-order valence-electron chi connectivity index (χ1n) is 5.69. The van der Waals surface area contributed by atoms with Gasteiger partial charge in [0.1, 0.15) is 17.3 Å². The van der Waals surface area contributed by atoms with Crippen LogP contribution in [0.2, 0.25) is 0 Å². The van der Waals surface area contributed by atoms with Crippen LogP contribution in [0.25, 0.3) is 0 Å². The van der Waals surface area contributed by atoms with E-state index in [0.29, 0.717) is 0 Å². The van der Waals surface area contributed by atoms with Crippen LogP contribution in [0.3, 0.4) is 0 Å². The molecule has 18 heavy (non-hydrogen) atoms. The molecule has 0 fully saturated rings. The van der Waals surface area contributed by atoms with Gasteiger partial charge in [0, 0.05) is 10.0 Å². The van der Waals surface area contributed by atoms with E-state index in [-0.39, 0.29) is 6.04 Å². The van der Waals surface area contributed by atoms with E-state index in [1.165, 1.54) is 0 Å². The van der Waals surface area contributed by atoms with Crippen molar-refractivity contribution in [2.24, 2.45) is 5.73 Å². The summed E-state index contributed by atoms with van der Waals surface area (Å²) in [6.45, 7) is 3.85. The summed E-state index contributed by atoms with van der Waals surface area (Å²) < 4.78 is 11.6. The number of hydrogen-bond acceptors (Lipinski definition) is 3. The molecule has 1 heterocycles. The highest BCUT2D eigenvalue weighted by Crippen LogP contribution is 2.32. The second kappa shape index (κ2) is 5.16. The number of aryl methyl sites for hydroxylation is 2. The SMILES string of the molecule is COc1ccc(C(N)c2cc(C)oc2C)c(Br)c1. The highest BCUT2D eigenvalue weighted by Gasteiger charge is 2.17. The van der Waals surface area contributed by atoms with Crippen molar-refractivity contribution in [3.8, 4) is 5.75 Å². The fourth-order valence-electron chi connectivity index (χ4n) is 2.01. The van der Waals surface area contributed by atoms with Crippen molar-refractivity contribution in [1.29, 1.82) is 0 Å². The maximum absolute atomic E-state index is 6.29. The Bertz CT molecular complexity index is 563. The zero-order valence-electron chi connectivity index (χ0n) is 10.7. The molecule has 0 amide bonds. The van der Waals surface area contributed by atoms with Gasteiger partial charge < -0.3 is 14.9 Å². The number of hydrogen-bond donors (Lipinski definition) is 1. The van der Waals surface area contributed by atoms with Gasteiger partial charge in [-0.3, -0.25) is 0 Å². The van der Waals surface area contributed by atoms with Crippen molar-refractivity contribution >= 4 is 15.9 Å². The highest BCUT2D eigenvalue weighted by atomic mass is 79.9. The standard InChI is InChI=1S/C14H16BrNO2/c1-8-6-12(9(2)18-8)14(16)11-5-4-10(17-3)7-13(11)15/h4-7,14H,16H2,1-3H3. The van der Waals surface area contributed by atoms with Gasteiger partial charge in [-0.1, -0.05) is 22.0 Å². The topological polar surface area (TPSA) is 48.4 Å². The van der Waals surface area contributed by atoms with Crippen molar-refractivity contribution in [1.82, 2.24) is 0 Å². The van der Waals surface area contributed by atoms with Gasteiger partial charge in [0.25, 0.3) is 0 Å². The number of methoxy groups -OCH3 is 1. The average molecular weight is 310 g/mol. The van der Waals surface area contributed by atoms with Gasteiger partial charge in [-0.25, -0.2) is 0 Å². The Morgan fingerprint density at radius 1 is 1.22 bits per heavy atom. The zero-order chi connectivity index (χ0) is 13.3. The molecule has 2 rings (SSSR count). The van der Waals surface area contributed by atoms with Gasteiger partial charge in [-0.05, 0) is 37.6 Å². The first-order chi connectivity index (χ1) is 8.52. The molecular weight excluding hydrogens is 294 g/mol. The molecule has 0 saturated heterocycles. The van der Waals surface area contributed by atoms with Gasteiger partial charge in [-0.15, -0.1) is 0 Å². The number of halogens is 1. The molecular formula is C14H16BrNO2. The minimum Gasteiger partial charge on any atom is -0.497 e. The van der Waals surface area contributed by atoms with Crippen LogP contribution in [-0.4, -0.2) is 7.11 Å². The lowest BCUT2D eigenvalue weighted by molar-refractivity contribution is 0.414. The maximum Gasteiger partial charge on any atom is 0.120 e. The van der Waals surface area contributed by atoms with Gasteiger partial charge in [-0.2, -0.15) is 0 Å². The summed E-state index contributed by atoms with van der Waals surface area (Å²) in [7, 11) is 1.64. The van der Waals surface area contributed by atoms with E-state index >= 15 is 0 Å². The molecule has 1 aromatic carbocycles. The molecule has 2 aromatic rings. The molecule has 0 saturated carbocycles. The average Bonchev–Trinajstić information content (AvgIpc) is 2.67. The summed E-state index contributed by atoms with van der Waals surface area (Å²) in [6, 6.07) is 7.56. The molecule has 0 radical (unpaired) electrons. The van der Waals surface area contributed by atoms with Crippen molar-refractivity contribution < 1.29 is 9.15 Å². The molecule has 1 unspecified atom stereocenters. The third-order valence-corrected chi connectivity index (χ3v) is 3.64. The van der Waals surface area contributed by atoms with Crippen LogP contribution in [0.5, 0.6) is 5.75 Å². The Balaban J connectivity index is 2.39. The molecule has 4 heteroatoms. The largest absolute Gasteiger partial charge is 0.497 e. The minimum atomic E-state index is -0.206. The highest BCUT2D eigenvalue weighted by molar-refractivity contribution is 9.10. The van der Waals surface area contributed by atoms with E-state index in [4.69, 9.17) is 14.9 Å². The second-order valence-corrected chi connectivity index (χ2v) is 5.09. The first-order valence-corrected chi connectivity index (χ1v) is 6.48. The Labute approximate surface area is 115 Å². The van der Waals surface area contributed by atoms with Crippen LogP contribution < -0.4 is 10.5 Å². The van der Waals surface area contributed by atoms with Crippen LogP contribution in [0.4, 0.5) is 0 Å². The molecule has 1 atom stereocenters. The van der Waals surface area contributed by atoms with Crippen molar-refractivity contribution in [2.75, 3.05) is 7.11 Å². The van der Waals surface area contributed by atoms with Gasteiger partial charge in [0.15, 0.2) is 0 Å². The minimum absolute atomic E-state index is 0.206. The smallest absolute Gasteiger partial charge is 0.120 e. The Kier molecular flexibility index (Phi) is 3.78. The molecule has 0 aliphatic rings. The van der Waals surface area contributed by atoms with Crippen molar-refractivity contribution in [3.63, 3.8) is 0 Å². The summed E-state index contributed by atoms with van der Waals surface area (Å²) in [6.07, 6.45) is 0. The van der Waals surface area contributed by atoms with Gasteiger partial charge in [0.2, 0.25) is 0 Å². The Morgan fingerprint density at radius 2 is 1.94 bits per heavy atom. The van der Waals surface area contributed by atoms with Crippen LogP contribution in [0.1, 0.15) is 28.7 Å². The van der Waals surface area contributed by atoms with Crippen LogP contribution >= 0.6 is 15.9 Å². The lowest BCUT2D eigenvalue weighted by Gasteiger charge is -2.14. The number of rotatable bonds is 3. The Hall–Kier alpha value is -1.26. The van der Waals surface area contributed by atoms with Gasteiger partial charge in [0.05, 0.1) is 13.2 Å². The third kappa shape index (κ3) is 2.44. The van der Waals surface area contributed by atoms with Crippen LogP contribution in [0.15, 0.2) is 33.2 Å². The van der Waals surface area contributed by atoms with E-state index in [0.717, 1.165) is 32.9 Å². The maximum atomic E-state index is 6.29. The van der Waals surface area contributed by atoms with Crippen molar-refractivity contribution in [2.45, 2.75) is 19.9 Å². The summed E-state index contributed by atoms with van der Waals surface area (Å²) in [4.78, 5) is 0. The predicted molar refractivity (Wildman–Crippen MR) is 74.9 cm³/mol. The van der Waals surface area contributed by atoms with Crippen LogP contribution in [0, 0.1) is 13.8 Å². The molecule has 0 spiro atoms. The Morgan fingerprint density at radius 3 is 2.44 bits per heavy atom. The molecule has 0 aliphatic carbocycles. The lowest BCUT2D eigenvalue weighted by atomic mass is 10.00. The molecule has 3 nitrogen and oxygen atoms in total. The zero-order valence-corrected chi connectivity index (χ0v) is 12.2. The number of nitrogens with two attached hydrogens (primary N) is 1. The molecule has 2 N–H and O–H groups in total. The van der Waals surface area contributed by atoms with Gasteiger partial charge >= 0.3 is 0 Å². The van der Waals surface area contributed by atoms with Crippen molar-refractivity contribution in [3.05, 3.63) is 51.4 Å². The van der Waals surface area contributed by atoms with E-state index in [2.05, 4.69) is 15.9 Å². The summed E-state index contributed by atoms with van der Waals surface area (Å²) in [5.74, 6) is 2.54. The quantitative estimate of drug-likeness (QED) is 0.940. The summed E-state index contributed by atoms with van der Waals surface area (Å²) in [5, 5.41) is 0. The van der Waals surface area contributed by atoms with E-state index in [1.54, 1.807) is 7.11 Å². The van der Waals surface area contributed by atoms with E-state index in [1.807, 2.05) is 38.1 Å². The number of ether oxygens (including phenoxy) is 1. The molecule has 96 valence electrons. The number of benzene rings is 1. The summed E-state index contributed by atoms with van der Waals surface area (Å²) in [5.41, 5.74) is 8.32. The van der Waals surface area contributed by atoms with Crippen LogP contribution in [-0.2, 0) is 0 Å². The van der Waals surface area contributed by atoms with E-state index in [9.17, 15) is 0 Å². The van der Waals surface area contributed by atoms with E-state index < -0.39 is 0 Å². The lowest BCUT2D eigenvalue weighted by Crippen LogP contribution is -2.12. The summed E-state index contributed by atoms with van der Waals surface area (Å²) >= 11 is 3.53.